The molecule has 164 valence electrons. The monoisotopic (exact) mass is 514 g/mol. The standard InChI is InChI=1S/C23H38N4O.HI/c1-18-8-9-20(22(16-18)28-21-6-4-5-7-21)17-26-23(24-2)25-13-10-19-11-14-27(3)15-12-19;/h8-9,16,19,21H,4-7,10-15,17H2,1-3H3,(H2,24,25,26);1H. The summed E-state index contributed by atoms with van der Waals surface area (Å²) in [5.74, 6) is 2.74. The Labute approximate surface area is 194 Å². The summed E-state index contributed by atoms with van der Waals surface area (Å²) < 4.78 is 6.32. The van der Waals surface area contributed by atoms with Gasteiger partial charge in [-0.05, 0) is 89.6 Å². The minimum absolute atomic E-state index is 0. The fourth-order valence-electron chi connectivity index (χ4n) is 4.25. The molecule has 5 nitrogen and oxygen atoms in total. The van der Waals surface area contributed by atoms with Crippen LogP contribution in [-0.2, 0) is 6.54 Å². The zero-order valence-electron chi connectivity index (χ0n) is 18.4. The van der Waals surface area contributed by atoms with Crippen molar-refractivity contribution in [3.05, 3.63) is 29.3 Å². The number of rotatable bonds is 7. The van der Waals surface area contributed by atoms with Crippen molar-refractivity contribution in [2.75, 3.05) is 33.7 Å². The van der Waals surface area contributed by atoms with Gasteiger partial charge in [0.2, 0.25) is 0 Å². The van der Waals surface area contributed by atoms with Gasteiger partial charge in [-0.15, -0.1) is 24.0 Å². The maximum atomic E-state index is 6.32. The molecule has 0 atom stereocenters. The molecule has 2 N–H and O–H groups in total. The Balaban J connectivity index is 0.00000300. The number of nitrogens with one attached hydrogen (secondary N) is 2. The lowest BCUT2D eigenvalue weighted by atomic mass is 9.94. The number of hydrogen-bond donors (Lipinski definition) is 2. The van der Waals surface area contributed by atoms with Crippen molar-refractivity contribution in [2.24, 2.45) is 10.9 Å². The number of halogens is 1. The van der Waals surface area contributed by atoms with Gasteiger partial charge >= 0.3 is 0 Å². The summed E-state index contributed by atoms with van der Waals surface area (Å²) in [6.45, 7) is 6.30. The highest BCUT2D eigenvalue weighted by Crippen LogP contribution is 2.27. The Morgan fingerprint density at radius 2 is 1.86 bits per heavy atom. The number of guanidine groups is 1. The van der Waals surface area contributed by atoms with E-state index in [0.29, 0.717) is 6.10 Å². The Morgan fingerprint density at radius 3 is 2.55 bits per heavy atom. The third-order valence-electron chi connectivity index (χ3n) is 6.17. The van der Waals surface area contributed by atoms with Gasteiger partial charge in [-0.1, -0.05) is 12.1 Å². The van der Waals surface area contributed by atoms with E-state index in [2.05, 4.69) is 52.7 Å². The lowest BCUT2D eigenvalue weighted by Gasteiger charge is -2.29. The molecule has 2 fully saturated rings. The van der Waals surface area contributed by atoms with Crippen LogP contribution in [0.5, 0.6) is 5.75 Å². The van der Waals surface area contributed by atoms with Gasteiger partial charge in [0, 0.05) is 25.7 Å². The van der Waals surface area contributed by atoms with Crippen LogP contribution in [-0.4, -0.2) is 50.7 Å². The van der Waals surface area contributed by atoms with Crippen LogP contribution in [0, 0.1) is 12.8 Å². The van der Waals surface area contributed by atoms with Gasteiger partial charge in [0.15, 0.2) is 5.96 Å². The summed E-state index contributed by atoms with van der Waals surface area (Å²) in [4.78, 5) is 6.82. The SMILES string of the molecule is CN=C(NCCC1CCN(C)CC1)NCc1ccc(C)cc1OC1CCCC1.I. The van der Waals surface area contributed by atoms with Crippen LogP contribution in [0.1, 0.15) is 56.1 Å². The number of aryl methyl sites for hydroxylation is 1. The average Bonchev–Trinajstić information content (AvgIpc) is 3.20. The number of likely N-dealkylation sites (tertiary alicyclic amines) is 1. The van der Waals surface area contributed by atoms with Gasteiger partial charge in [0.25, 0.3) is 0 Å². The maximum Gasteiger partial charge on any atom is 0.191 e. The molecule has 1 saturated carbocycles. The highest BCUT2D eigenvalue weighted by Gasteiger charge is 2.18. The average molecular weight is 514 g/mol. The predicted octanol–water partition coefficient (Wildman–Crippen LogP) is 4.33. The van der Waals surface area contributed by atoms with E-state index in [1.807, 2.05) is 7.05 Å². The third-order valence-corrected chi connectivity index (χ3v) is 6.17. The van der Waals surface area contributed by atoms with Gasteiger partial charge in [-0.25, -0.2) is 0 Å². The summed E-state index contributed by atoms with van der Waals surface area (Å²) in [6.07, 6.45) is 9.17. The molecule has 1 aromatic rings. The number of aliphatic imine (C=N–C) groups is 1. The largest absolute Gasteiger partial charge is 0.490 e. The van der Waals surface area contributed by atoms with Crippen LogP contribution in [0.3, 0.4) is 0 Å². The number of hydrogen-bond acceptors (Lipinski definition) is 3. The first kappa shape index (κ1) is 24.3. The number of nitrogens with zero attached hydrogens (tertiary/aromatic N) is 2. The van der Waals surface area contributed by atoms with E-state index in [4.69, 9.17) is 4.74 Å². The zero-order chi connectivity index (χ0) is 19.8. The zero-order valence-corrected chi connectivity index (χ0v) is 20.7. The van der Waals surface area contributed by atoms with Crippen molar-refractivity contribution in [3.63, 3.8) is 0 Å². The molecule has 1 saturated heterocycles. The van der Waals surface area contributed by atoms with Crippen molar-refractivity contribution >= 4 is 29.9 Å². The molecule has 1 aliphatic carbocycles. The van der Waals surface area contributed by atoms with Crippen molar-refractivity contribution < 1.29 is 4.74 Å². The van der Waals surface area contributed by atoms with Gasteiger partial charge in [-0.2, -0.15) is 0 Å². The molecule has 2 aliphatic rings. The van der Waals surface area contributed by atoms with Crippen molar-refractivity contribution in [3.8, 4) is 5.75 Å². The van der Waals surface area contributed by atoms with Crippen molar-refractivity contribution in [2.45, 2.75) is 64.5 Å². The van der Waals surface area contributed by atoms with Crippen LogP contribution < -0.4 is 15.4 Å². The van der Waals surface area contributed by atoms with E-state index in [1.54, 1.807) is 0 Å². The van der Waals surface area contributed by atoms with Crippen molar-refractivity contribution in [1.29, 1.82) is 0 Å². The van der Waals surface area contributed by atoms with Gasteiger partial charge in [-0.3, -0.25) is 4.99 Å². The molecule has 6 heteroatoms. The number of ether oxygens (including phenoxy) is 1. The van der Waals surface area contributed by atoms with E-state index in [0.717, 1.165) is 30.7 Å². The second kappa shape index (κ2) is 12.6. The molecule has 29 heavy (non-hydrogen) atoms. The molecule has 0 spiro atoms. The Bertz CT molecular complexity index is 638. The van der Waals surface area contributed by atoms with Crippen LogP contribution in [0.4, 0.5) is 0 Å². The summed E-state index contributed by atoms with van der Waals surface area (Å²) in [5.41, 5.74) is 2.45. The molecule has 0 aromatic heterocycles. The molecule has 0 radical (unpaired) electrons. The normalized spacial score (nSPS) is 19.1. The van der Waals surface area contributed by atoms with E-state index < -0.39 is 0 Å². The van der Waals surface area contributed by atoms with Crippen LogP contribution in [0.25, 0.3) is 0 Å². The summed E-state index contributed by atoms with van der Waals surface area (Å²) in [5, 5.41) is 6.95. The van der Waals surface area contributed by atoms with Crippen LogP contribution in [0.15, 0.2) is 23.2 Å². The number of benzene rings is 1. The van der Waals surface area contributed by atoms with Crippen LogP contribution >= 0.6 is 24.0 Å². The highest BCUT2D eigenvalue weighted by molar-refractivity contribution is 14.0. The molecule has 1 aliphatic heterocycles. The third kappa shape index (κ3) is 7.96. The molecular weight excluding hydrogens is 475 g/mol. The second-order valence-electron chi connectivity index (χ2n) is 8.52. The first-order chi connectivity index (χ1) is 13.6. The minimum Gasteiger partial charge on any atom is -0.490 e. The second-order valence-corrected chi connectivity index (χ2v) is 8.52. The molecule has 1 aromatic carbocycles. The maximum absolute atomic E-state index is 6.32. The topological polar surface area (TPSA) is 48.9 Å². The molecule has 3 rings (SSSR count). The number of piperidine rings is 1. The van der Waals surface area contributed by atoms with E-state index in [-0.39, 0.29) is 24.0 Å². The van der Waals surface area contributed by atoms with Crippen molar-refractivity contribution in [1.82, 2.24) is 15.5 Å². The van der Waals surface area contributed by atoms with Crippen LogP contribution in [0.2, 0.25) is 0 Å². The summed E-state index contributed by atoms with van der Waals surface area (Å²) in [6, 6.07) is 6.51. The molecule has 0 unspecified atom stereocenters. The lowest BCUT2D eigenvalue weighted by Crippen LogP contribution is -2.38. The predicted molar refractivity (Wildman–Crippen MR) is 133 cm³/mol. The smallest absolute Gasteiger partial charge is 0.191 e. The van der Waals surface area contributed by atoms with Gasteiger partial charge in [0.05, 0.1) is 6.10 Å². The van der Waals surface area contributed by atoms with E-state index in [9.17, 15) is 0 Å². The minimum atomic E-state index is 0. The van der Waals surface area contributed by atoms with E-state index >= 15 is 0 Å². The first-order valence-corrected chi connectivity index (χ1v) is 11.0. The molecular formula is C23H39IN4O. The first-order valence-electron chi connectivity index (χ1n) is 11.0. The van der Waals surface area contributed by atoms with Gasteiger partial charge < -0.3 is 20.3 Å². The Morgan fingerprint density at radius 1 is 1.14 bits per heavy atom. The van der Waals surface area contributed by atoms with E-state index in [1.165, 1.54) is 69.2 Å². The Hall–Kier alpha value is -1.02. The molecule has 0 amide bonds. The molecule has 1 heterocycles. The Kier molecular flexibility index (Phi) is 10.6. The quantitative estimate of drug-likeness (QED) is 0.323. The fraction of sp³-hybridized carbons (Fsp3) is 0.696. The highest BCUT2D eigenvalue weighted by atomic mass is 127. The lowest BCUT2D eigenvalue weighted by molar-refractivity contribution is 0.207. The molecule has 0 bridgehead atoms. The summed E-state index contributed by atoms with van der Waals surface area (Å²) in [7, 11) is 4.06. The fourth-order valence-corrected chi connectivity index (χ4v) is 4.25. The van der Waals surface area contributed by atoms with Gasteiger partial charge in [0.1, 0.15) is 5.75 Å². The summed E-state index contributed by atoms with van der Waals surface area (Å²) >= 11 is 0.